The second-order valence-corrected chi connectivity index (χ2v) is 5.11. The Balaban J connectivity index is 1.67. The van der Waals surface area contributed by atoms with Crippen molar-refractivity contribution < 1.29 is 18.3 Å². The number of anilines is 1. The minimum Gasteiger partial charge on any atom is -0.497 e. The normalized spacial score (nSPS) is 10.4. The molecule has 10 heteroatoms. The van der Waals surface area contributed by atoms with Crippen molar-refractivity contribution in [3.8, 4) is 11.4 Å². The molecule has 0 bridgehead atoms. The number of nitrogens with zero attached hydrogens (tertiary/aromatic N) is 4. The Hall–Kier alpha value is -3.56. The molecule has 0 saturated heterocycles. The number of benzene rings is 2. The number of tetrazole rings is 1. The van der Waals surface area contributed by atoms with Crippen molar-refractivity contribution in [2.75, 3.05) is 12.4 Å². The van der Waals surface area contributed by atoms with Gasteiger partial charge < -0.3 is 15.4 Å². The van der Waals surface area contributed by atoms with Crippen LogP contribution in [-0.4, -0.2) is 33.3 Å². The van der Waals surface area contributed by atoms with E-state index in [0.717, 1.165) is 12.1 Å². The number of carbonyl (C=O) groups is 1. The van der Waals surface area contributed by atoms with Gasteiger partial charge in [-0.1, -0.05) is 6.07 Å². The topological polar surface area (TPSA) is 94.0 Å². The molecular formula is C16H14F2N6O2. The fraction of sp³-hybridized carbons (Fsp3) is 0.125. The van der Waals surface area contributed by atoms with E-state index >= 15 is 0 Å². The summed E-state index contributed by atoms with van der Waals surface area (Å²) in [4.78, 5) is 11.9. The maximum atomic E-state index is 13.5. The van der Waals surface area contributed by atoms with E-state index in [1.54, 1.807) is 31.4 Å². The lowest BCUT2D eigenvalue weighted by atomic mass is 10.3. The van der Waals surface area contributed by atoms with Gasteiger partial charge in [0.25, 0.3) is 0 Å². The van der Waals surface area contributed by atoms with E-state index in [0.29, 0.717) is 17.3 Å². The van der Waals surface area contributed by atoms with Gasteiger partial charge in [0.05, 0.1) is 19.3 Å². The number of rotatable bonds is 5. The largest absolute Gasteiger partial charge is 0.497 e. The molecule has 134 valence electrons. The first-order valence-electron chi connectivity index (χ1n) is 7.49. The van der Waals surface area contributed by atoms with E-state index in [1.807, 2.05) is 0 Å². The summed E-state index contributed by atoms with van der Waals surface area (Å²) in [6.45, 7) is -0.0546. The summed E-state index contributed by atoms with van der Waals surface area (Å²) in [7, 11) is 1.55. The van der Waals surface area contributed by atoms with E-state index in [-0.39, 0.29) is 6.54 Å². The molecule has 0 saturated carbocycles. The zero-order valence-electron chi connectivity index (χ0n) is 13.6. The highest BCUT2D eigenvalue weighted by atomic mass is 19.1. The number of para-hydroxylation sites is 1. The SMILES string of the molecule is COc1ccc(-n2nnnc2CNC(=O)Nc2c(F)cccc2F)cc1. The minimum atomic E-state index is -0.872. The first-order valence-corrected chi connectivity index (χ1v) is 7.49. The van der Waals surface area contributed by atoms with Crippen LogP contribution in [0.2, 0.25) is 0 Å². The summed E-state index contributed by atoms with van der Waals surface area (Å²) in [6, 6.07) is 9.46. The molecule has 1 aromatic heterocycles. The van der Waals surface area contributed by atoms with Gasteiger partial charge in [-0.3, -0.25) is 0 Å². The van der Waals surface area contributed by atoms with Crippen LogP contribution in [0.4, 0.5) is 19.3 Å². The zero-order valence-corrected chi connectivity index (χ0v) is 13.6. The van der Waals surface area contributed by atoms with Crippen molar-refractivity contribution in [2.24, 2.45) is 0 Å². The summed E-state index contributed by atoms with van der Waals surface area (Å²) in [6.07, 6.45) is 0. The summed E-state index contributed by atoms with van der Waals surface area (Å²) in [5, 5.41) is 15.8. The molecule has 0 aliphatic heterocycles. The van der Waals surface area contributed by atoms with E-state index in [9.17, 15) is 13.6 Å². The van der Waals surface area contributed by atoms with E-state index in [2.05, 4.69) is 26.2 Å². The summed E-state index contributed by atoms with van der Waals surface area (Å²) < 4.78 is 33.6. The Morgan fingerprint density at radius 3 is 2.50 bits per heavy atom. The number of carbonyl (C=O) groups excluding carboxylic acids is 1. The van der Waals surface area contributed by atoms with Gasteiger partial charge in [-0.2, -0.15) is 4.68 Å². The second kappa shape index (κ2) is 7.55. The Labute approximate surface area is 146 Å². The Morgan fingerprint density at radius 1 is 1.15 bits per heavy atom. The summed E-state index contributed by atoms with van der Waals surface area (Å²) in [5.74, 6) is -0.737. The van der Waals surface area contributed by atoms with Crippen LogP contribution in [0.3, 0.4) is 0 Å². The Bertz CT molecular complexity index is 893. The number of hydrogen-bond donors (Lipinski definition) is 2. The Morgan fingerprint density at radius 2 is 1.85 bits per heavy atom. The minimum absolute atomic E-state index is 0.0546. The van der Waals surface area contributed by atoms with Gasteiger partial charge in [0.2, 0.25) is 0 Å². The van der Waals surface area contributed by atoms with Gasteiger partial charge in [-0.15, -0.1) is 5.10 Å². The molecule has 2 amide bonds. The maximum Gasteiger partial charge on any atom is 0.319 e. The monoisotopic (exact) mass is 360 g/mol. The predicted molar refractivity (Wildman–Crippen MR) is 87.9 cm³/mol. The number of amides is 2. The standard InChI is InChI=1S/C16H14F2N6O2/c1-26-11-7-5-10(6-8-11)24-14(21-22-23-24)9-19-16(25)20-15-12(17)3-2-4-13(15)18/h2-8H,9H2,1H3,(H2,19,20,25). The quantitative estimate of drug-likeness (QED) is 0.728. The lowest BCUT2D eigenvalue weighted by Gasteiger charge is -2.09. The molecular weight excluding hydrogens is 346 g/mol. The number of nitrogens with one attached hydrogen (secondary N) is 2. The number of aromatic nitrogens is 4. The molecule has 0 atom stereocenters. The molecule has 8 nitrogen and oxygen atoms in total. The van der Waals surface area contributed by atoms with E-state index in [4.69, 9.17) is 4.74 Å². The number of urea groups is 1. The van der Waals surface area contributed by atoms with Crippen LogP contribution in [-0.2, 0) is 6.54 Å². The lowest BCUT2D eigenvalue weighted by Crippen LogP contribution is -2.30. The first-order chi connectivity index (χ1) is 12.6. The van der Waals surface area contributed by atoms with Crippen LogP contribution in [0.15, 0.2) is 42.5 Å². The molecule has 2 aromatic carbocycles. The van der Waals surface area contributed by atoms with Crippen LogP contribution in [0, 0.1) is 11.6 Å². The average molecular weight is 360 g/mol. The molecule has 3 aromatic rings. The average Bonchev–Trinajstić information content (AvgIpc) is 3.12. The van der Waals surface area contributed by atoms with Gasteiger partial charge in [-0.25, -0.2) is 13.6 Å². The lowest BCUT2D eigenvalue weighted by molar-refractivity contribution is 0.251. The zero-order chi connectivity index (χ0) is 18.5. The van der Waals surface area contributed by atoms with Crippen LogP contribution in [0.1, 0.15) is 5.82 Å². The number of methoxy groups -OCH3 is 1. The highest BCUT2D eigenvalue weighted by Crippen LogP contribution is 2.18. The molecule has 0 spiro atoms. The number of halogens is 2. The fourth-order valence-electron chi connectivity index (χ4n) is 2.17. The second-order valence-electron chi connectivity index (χ2n) is 5.11. The van der Waals surface area contributed by atoms with Crippen LogP contribution in [0.25, 0.3) is 5.69 Å². The van der Waals surface area contributed by atoms with Crippen molar-refractivity contribution >= 4 is 11.7 Å². The first kappa shape index (κ1) is 17.3. The van der Waals surface area contributed by atoms with Gasteiger partial charge in [-0.05, 0) is 46.8 Å². The highest BCUT2D eigenvalue weighted by Gasteiger charge is 2.13. The maximum absolute atomic E-state index is 13.5. The van der Waals surface area contributed by atoms with Crippen LogP contribution < -0.4 is 15.4 Å². The molecule has 2 N–H and O–H groups in total. The van der Waals surface area contributed by atoms with Crippen LogP contribution in [0.5, 0.6) is 5.75 Å². The molecule has 0 unspecified atom stereocenters. The summed E-state index contributed by atoms with van der Waals surface area (Å²) >= 11 is 0. The molecule has 0 aliphatic rings. The predicted octanol–water partition coefficient (Wildman–Crippen LogP) is 2.27. The van der Waals surface area contributed by atoms with Crippen LogP contribution >= 0.6 is 0 Å². The van der Waals surface area contributed by atoms with Crippen molar-refractivity contribution in [3.63, 3.8) is 0 Å². The van der Waals surface area contributed by atoms with Crippen molar-refractivity contribution in [1.29, 1.82) is 0 Å². The van der Waals surface area contributed by atoms with E-state index < -0.39 is 23.4 Å². The highest BCUT2D eigenvalue weighted by molar-refractivity contribution is 5.89. The molecule has 1 heterocycles. The molecule has 3 rings (SSSR count). The third-order valence-electron chi connectivity index (χ3n) is 3.46. The fourth-order valence-corrected chi connectivity index (χ4v) is 2.17. The number of hydrogen-bond acceptors (Lipinski definition) is 5. The molecule has 0 radical (unpaired) electrons. The molecule has 26 heavy (non-hydrogen) atoms. The molecule has 0 aliphatic carbocycles. The van der Waals surface area contributed by atoms with Crippen molar-refractivity contribution in [1.82, 2.24) is 25.5 Å². The smallest absolute Gasteiger partial charge is 0.319 e. The van der Waals surface area contributed by atoms with Gasteiger partial charge in [0.15, 0.2) is 5.82 Å². The van der Waals surface area contributed by atoms with Crippen molar-refractivity contribution in [3.05, 3.63) is 59.9 Å². The third-order valence-corrected chi connectivity index (χ3v) is 3.46. The molecule has 0 fully saturated rings. The summed E-state index contributed by atoms with van der Waals surface area (Å²) in [5.41, 5.74) is 0.132. The van der Waals surface area contributed by atoms with Gasteiger partial charge in [0.1, 0.15) is 23.1 Å². The number of ether oxygens (including phenoxy) is 1. The van der Waals surface area contributed by atoms with E-state index in [1.165, 1.54) is 10.7 Å². The van der Waals surface area contributed by atoms with Gasteiger partial charge >= 0.3 is 6.03 Å². The Kier molecular flexibility index (Phi) is 5.02. The van der Waals surface area contributed by atoms with Gasteiger partial charge in [0, 0.05) is 0 Å². The van der Waals surface area contributed by atoms with Crippen molar-refractivity contribution in [2.45, 2.75) is 6.54 Å². The third kappa shape index (κ3) is 3.74.